The molecule has 3 aromatic rings. The lowest BCUT2D eigenvalue weighted by Gasteiger charge is -2.24. The molecule has 1 amide bonds. The second kappa shape index (κ2) is 7.14. The minimum atomic E-state index is -0.731. The van der Waals surface area contributed by atoms with Crippen LogP contribution in [0.5, 0.6) is 0 Å². The van der Waals surface area contributed by atoms with Gasteiger partial charge in [-0.25, -0.2) is 0 Å². The topological polar surface area (TPSA) is 114 Å². The van der Waals surface area contributed by atoms with Crippen molar-refractivity contribution >= 4 is 22.6 Å². The van der Waals surface area contributed by atoms with Crippen molar-refractivity contribution in [2.45, 2.75) is 19.4 Å². The van der Waals surface area contributed by atoms with Crippen LogP contribution in [0.2, 0.25) is 0 Å². The molecule has 2 heterocycles. The van der Waals surface area contributed by atoms with E-state index in [1.165, 1.54) is 29.2 Å². The minimum absolute atomic E-state index is 0.0207. The number of non-ortho nitro benzene ring substituents is 1. The molecule has 1 aliphatic heterocycles. The molecule has 1 N–H and O–H groups in total. The zero-order valence-corrected chi connectivity index (χ0v) is 15.6. The van der Waals surface area contributed by atoms with Gasteiger partial charge in [0, 0.05) is 25.3 Å². The summed E-state index contributed by atoms with van der Waals surface area (Å²) in [6.07, 6.45) is 0.329. The third-order valence-corrected chi connectivity index (χ3v) is 5.10. The second-order valence-electron chi connectivity index (χ2n) is 7.00. The van der Waals surface area contributed by atoms with Crippen molar-refractivity contribution in [3.8, 4) is 0 Å². The van der Waals surface area contributed by atoms with E-state index in [2.05, 4.69) is 0 Å². The lowest BCUT2D eigenvalue weighted by molar-refractivity contribution is -0.384. The fourth-order valence-electron chi connectivity index (χ4n) is 3.73. The van der Waals surface area contributed by atoms with Gasteiger partial charge >= 0.3 is 0 Å². The molecule has 0 aliphatic carbocycles. The number of aliphatic hydroxyl groups is 1. The molecule has 1 atom stereocenters. The van der Waals surface area contributed by atoms with Crippen LogP contribution in [-0.4, -0.2) is 34.0 Å². The zero-order chi connectivity index (χ0) is 20.7. The van der Waals surface area contributed by atoms with Crippen LogP contribution < -0.4 is 5.43 Å². The second-order valence-corrected chi connectivity index (χ2v) is 7.00. The van der Waals surface area contributed by atoms with Crippen LogP contribution in [0.1, 0.15) is 39.7 Å². The Balaban J connectivity index is 1.93. The molecule has 1 unspecified atom stereocenters. The lowest BCUT2D eigenvalue weighted by atomic mass is 9.98. The molecule has 0 fully saturated rings. The summed E-state index contributed by atoms with van der Waals surface area (Å²) in [5.41, 5.74) is 1.63. The summed E-state index contributed by atoms with van der Waals surface area (Å²) in [6, 6.07) is 10.2. The number of nitro groups is 1. The monoisotopic (exact) mass is 394 g/mol. The first-order valence-corrected chi connectivity index (χ1v) is 9.16. The molecule has 148 valence electrons. The van der Waals surface area contributed by atoms with E-state index in [-0.39, 0.29) is 35.6 Å². The van der Waals surface area contributed by atoms with Gasteiger partial charge in [-0.1, -0.05) is 11.6 Å². The zero-order valence-electron chi connectivity index (χ0n) is 15.6. The van der Waals surface area contributed by atoms with Crippen LogP contribution in [0.4, 0.5) is 5.69 Å². The number of aryl methyl sites for hydroxylation is 1. The number of carbonyl (C=O) groups excluding carboxylic acids is 1. The third kappa shape index (κ3) is 3.07. The van der Waals surface area contributed by atoms with Gasteiger partial charge < -0.3 is 14.4 Å². The minimum Gasteiger partial charge on any atom is -0.450 e. The van der Waals surface area contributed by atoms with E-state index in [0.717, 1.165) is 5.56 Å². The number of nitro benzene ring substituents is 1. The first-order chi connectivity index (χ1) is 13.9. The molecule has 0 bridgehead atoms. The molecule has 4 rings (SSSR count). The fraction of sp³-hybridized carbons (Fsp3) is 0.238. The normalized spacial score (nSPS) is 15.7. The quantitative estimate of drug-likeness (QED) is 0.526. The molecule has 0 saturated heterocycles. The number of rotatable bonds is 5. The van der Waals surface area contributed by atoms with Crippen LogP contribution in [0.3, 0.4) is 0 Å². The van der Waals surface area contributed by atoms with Crippen LogP contribution in [-0.2, 0) is 0 Å². The number of aliphatic hydroxyl groups excluding tert-OH is 1. The van der Waals surface area contributed by atoms with Crippen molar-refractivity contribution in [1.29, 1.82) is 0 Å². The number of fused-ring (bicyclic) bond motifs is 2. The average Bonchev–Trinajstić information content (AvgIpc) is 2.99. The predicted molar refractivity (Wildman–Crippen MR) is 105 cm³/mol. The van der Waals surface area contributed by atoms with E-state index in [1.807, 2.05) is 6.92 Å². The van der Waals surface area contributed by atoms with Crippen LogP contribution in [0, 0.1) is 17.0 Å². The summed E-state index contributed by atoms with van der Waals surface area (Å²) in [4.78, 5) is 38.3. The summed E-state index contributed by atoms with van der Waals surface area (Å²) < 4.78 is 5.81. The Bertz CT molecular complexity index is 1180. The molecule has 0 radical (unpaired) electrons. The summed E-state index contributed by atoms with van der Waals surface area (Å²) in [7, 11) is 0. The van der Waals surface area contributed by atoms with Gasteiger partial charge in [0.05, 0.1) is 21.9 Å². The number of hydrogen-bond donors (Lipinski definition) is 1. The third-order valence-electron chi connectivity index (χ3n) is 5.10. The summed E-state index contributed by atoms with van der Waals surface area (Å²) in [5, 5.41) is 20.6. The van der Waals surface area contributed by atoms with Crippen LogP contribution in [0.25, 0.3) is 11.0 Å². The van der Waals surface area contributed by atoms with Crippen molar-refractivity contribution in [1.82, 2.24) is 4.90 Å². The van der Waals surface area contributed by atoms with E-state index < -0.39 is 16.9 Å². The van der Waals surface area contributed by atoms with E-state index >= 15 is 0 Å². The number of nitrogens with zero attached hydrogens (tertiary/aromatic N) is 2. The molecule has 8 nitrogen and oxygen atoms in total. The highest BCUT2D eigenvalue weighted by Crippen LogP contribution is 2.38. The van der Waals surface area contributed by atoms with Gasteiger partial charge in [0.2, 0.25) is 5.76 Å². The van der Waals surface area contributed by atoms with Gasteiger partial charge in [-0.15, -0.1) is 0 Å². The van der Waals surface area contributed by atoms with Crippen molar-refractivity contribution in [2.24, 2.45) is 0 Å². The van der Waals surface area contributed by atoms with Gasteiger partial charge in [0.15, 0.2) is 5.43 Å². The van der Waals surface area contributed by atoms with E-state index in [1.54, 1.807) is 18.2 Å². The van der Waals surface area contributed by atoms with Gasteiger partial charge in [0.1, 0.15) is 5.58 Å². The molecule has 0 spiro atoms. The van der Waals surface area contributed by atoms with Crippen molar-refractivity contribution in [3.05, 3.63) is 85.3 Å². The van der Waals surface area contributed by atoms with Gasteiger partial charge in [-0.2, -0.15) is 0 Å². The largest absolute Gasteiger partial charge is 0.450 e. The molecule has 1 aliphatic rings. The van der Waals surface area contributed by atoms with Gasteiger partial charge in [-0.3, -0.25) is 19.7 Å². The van der Waals surface area contributed by atoms with Crippen molar-refractivity contribution in [2.75, 3.05) is 13.2 Å². The number of hydrogen-bond acceptors (Lipinski definition) is 6. The summed E-state index contributed by atoms with van der Waals surface area (Å²) in [5.74, 6) is -0.455. The van der Waals surface area contributed by atoms with Gasteiger partial charge in [0.25, 0.3) is 11.6 Å². The van der Waals surface area contributed by atoms with Crippen LogP contribution in [0.15, 0.2) is 51.7 Å². The Morgan fingerprint density at radius 3 is 2.55 bits per heavy atom. The molecular weight excluding hydrogens is 376 g/mol. The Hall–Kier alpha value is -3.52. The SMILES string of the molecule is Cc1ccc2oc3c(c(=O)c2c1)C(c1ccc([N+](=O)[O-])cc1)N(CCCO)C3=O. The van der Waals surface area contributed by atoms with Crippen molar-refractivity contribution in [3.63, 3.8) is 0 Å². The Labute approximate surface area is 165 Å². The Morgan fingerprint density at radius 1 is 1.17 bits per heavy atom. The molecular formula is C21H18N2O6. The molecule has 2 aromatic carbocycles. The number of amides is 1. The predicted octanol–water partition coefficient (Wildman–Crippen LogP) is 2.94. The average molecular weight is 394 g/mol. The van der Waals surface area contributed by atoms with Gasteiger partial charge in [-0.05, 0) is 43.2 Å². The summed E-state index contributed by atoms with van der Waals surface area (Å²) >= 11 is 0. The Morgan fingerprint density at radius 2 is 1.90 bits per heavy atom. The highest BCUT2D eigenvalue weighted by Gasteiger charge is 2.42. The number of carbonyl (C=O) groups is 1. The molecule has 1 aromatic heterocycles. The number of benzene rings is 2. The Kier molecular flexibility index (Phi) is 4.63. The maximum absolute atomic E-state index is 13.3. The highest BCUT2D eigenvalue weighted by molar-refractivity contribution is 5.99. The van der Waals surface area contributed by atoms with E-state index in [9.17, 15) is 24.8 Å². The maximum Gasteiger partial charge on any atom is 0.290 e. The highest BCUT2D eigenvalue weighted by atomic mass is 16.6. The fourth-order valence-corrected chi connectivity index (χ4v) is 3.73. The lowest BCUT2D eigenvalue weighted by Crippen LogP contribution is -2.31. The molecule has 0 saturated carbocycles. The van der Waals surface area contributed by atoms with Crippen LogP contribution >= 0.6 is 0 Å². The van der Waals surface area contributed by atoms with E-state index in [0.29, 0.717) is 23.0 Å². The molecule has 8 heteroatoms. The first kappa shape index (κ1) is 18.8. The van der Waals surface area contributed by atoms with Crippen molar-refractivity contribution < 1.29 is 19.2 Å². The maximum atomic E-state index is 13.3. The van der Waals surface area contributed by atoms with E-state index in [4.69, 9.17) is 4.42 Å². The summed E-state index contributed by atoms with van der Waals surface area (Å²) in [6.45, 7) is 1.96. The first-order valence-electron chi connectivity index (χ1n) is 9.16. The smallest absolute Gasteiger partial charge is 0.290 e. The molecule has 29 heavy (non-hydrogen) atoms. The standard InChI is InChI=1S/C21H18N2O6/c1-12-3-8-16-15(11-12)19(25)17-18(13-4-6-14(7-5-13)23(27)28)22(9-2-10-24)21(26)20(17)29-16/h3-8,11,18,24H,2,9-10H2,1H3.